The standard InChI is InChI=1S/C20H25N3O4S/c1-4-27-20-8-13(5-6-15(20)19(20,3)26)14-7-17(25)23(9-14)10-16(24)22-18-21-12(2)11-28-18/h5-6,8,11,14-15,26H,4,7,9-10H2,1-3H3,(H,21,22,24)/t14-,15?,19?,20?/m1/s1. The van der Waals surface area contributed by atoms with E-state index >= 15 is 0 Å². The van der Waals surface area contributed by atoms with Crippen molar-refractivity contribution in [3.8, 4) is 0 Å². The molecule has 1 saturated heterocycles. The third kappa shape index (κ3) is 3.09. The monoisotopic (exact) mass is 403 g/mol. The predicted octanol–water partition coefficient (Wildman–Crippen LogP) is 1.89. The Balaban J connectivity index is 1.41. The SMILES string of the molecule is CCOC12C=C([C@@H]3CC(=O)N(CC(=O)Nc4nc(C)cs4)C3)C=CC1C2(C)O. The summed E-state index contributed by atoms with van der Waals surface area (Å²) in [7, 11) is 0. The molecular weight excluding hydrogens is 378 g/mol. The van der Waals surface area contributed by atoms with E-state index in [0.29, 0.717) is 24.7 Å². The van der Waals surface area contributed by atoms with Gasteiger partial charge in [0.2, 0.25) is 11.8 Å². The fourth-order valence-electron chi connectivity index (χ4n) is 4.36. The molecule has 28 heavy (non-hydrogen) atoms. The van der Waals surface area contributed by atoms with E-state index in [4.69, 9.17) is 4.74 Å². The summed E-state index contributed by atoms with van der Waals surface area (Å²) in [6.45, 7) is 6.57. The molecule has 7 nitrogen and oxygen atoms in total. The molecule has 1 saturated carbocycles. The molecule has 2 N–H and O–H groups in total. The Kier molecular flexibility index (Phi) is 4.68. The number of aromatic nitrogens is 1. The molecule has 2 heterocycles. The smallest absolute Gasteiger partial charge is 0.245 e. The summed E-state index contributed by atoms with van der Waals surface area (Å²) < 4.78 is 5.89. The van der Waals surface area contributed by atoms with Crippen molar-refractivity contribution in [2.24, 2.45) is 11.8 Å². The van der Waals surface area contributed by atoms with E-state index in [9.17, 15) is 14.7 Å². The number of aliphatic hydroxyl groups is 1. The van der Waals surface area contributed by atoms with E-state index < -0.39 is 11.2 Å². The van der Waals surface area contributed by atoms with Crippen LogP contribution in [0.1, 0.15) is 26.0 Å². The Labute approximate surface area is 168 Å². The predicted molar refractivity (Wildman–Crippen MR) is 106 cm³/mol. The quantitative estimate of drug-likeness (QED) is 0.757. The zero-order valence-electron chi connectivity index (χ0n) is 16.3. The fourth-order valence-corrected chi connectivity index (χ4v) is 5.07. The second-order valence-corrected chi connectivity index (χ2v) is 8.73. The van der Waals surface area contributed by atoms with Gasteiger partial charge in [-0.1, -0.05) is 12.2 Å². The number of rotatable bonds is 6. The molecule has 1 aliphatic heterocycles. The van der Waals surface area contributed by atoms with Gasteiger partial charge in [-0.2, -0.15) is 0 Å². The molecule has 1 aromatic rings. The van der Waals surface area contributed by atoms with E-state index in [0.717, 1.165) is 11.3 Å². The number of carbonyl (C=O) groups excluding carboxylic acids is 2. The molecule has 150 valence electrons. The number of fused-ring (bicyclic) bond motifs is 1. The molecule has 8 heteroatoms. The maximum Gasteiger partial charge on any atom is 0.245 e. The molecule has 0 spiro atoms. The number of nitrogens with zero attached hydrogens (tertiary/aromatic N) is 2. The molecule has 4 atom stereocenters. The topological polar surface area (TPSA) is 91.8 Å². The van der Waals surface area contributed by atoms with Crippen molar-refractivity contribution in [3.05, 3.63) is 34.9 Å². The summed E-state index contributed by atoms with van der Waals surface area (Å²) in [5.41, 5.74) is 0.234. The first-order valence-corrected chi connectivity index (χ1v) is 10.4. The molecule has 0 bridgehead atoms. The Bertz CT molecular complexity index is 875. The number of allylic oxidation sites excluding steroid dienone is 1. The minimum Gasteiger partial charge on any atom is -0.386 e. The molecule has 1 aromatic heterocycles. The van der Waals surface area contributed by atoms with Crippen LogP contribution in [0.3, 0.4) is 0 Å². The van der Waals surface area contributed by atoms with E-state index in [1.54, 1.807) is 11.8 Å². The van der Waals surface area contributed by atoms with Gasteiger partial charge in [-0.3, -0.25) is 9.59 Å². The van der Waals surface area contributed by atoms with E-state index in [2.05, 4.69) is 10.3 Å². The Morgan fingerprint density at radius 3 is 3.00 bits per heavy atom. The number of nitrogens with one attached hydrogen (secondary N) is 1. The molecule has 0 aromatic carbocycles. The van der Waals surface area contributed by atoms with Crippen molar-refractivity contribution in [1.29, 1.82) is 0 Å². The van der Waals surface area contributed by atoms with Crippen molar-refractivity contribution >= 4 is 28.3 Å². The summed E-state index contributed by atoms with van der Waals surface area (Å²) in [4.78, 5) is 30.5. The van der Waals surface area contributed by atoms with Gasteiger partial charge >= 0.3 is 0 Å². The van der Waals surface area contributed by atoms with E-state index in [-0.39, 0.29) is 30.2 Å². The average molecular weight is 404 g/mol. The lowest BCUT2D eigenvalue weighted by Crippen LogP contribution is -2.34. The van der Waals surface area contributed by atoms with Gasteiger partial charge in [-0.25, -0.2) is 4.98 Å². The zero-order valence-corrected chi connectivity index (χ0v) is 17.1. The van der Waals surface area contributed by atoms with Crippen molar-refractivity contribution < 1.29 is 19.4 Å². The number of ether oxygens (including phenoxy) is 1. The molecule has 4 rings (SSSR count). The van der Waals surface area contributed by atoms with Crippen LogP contribution in [0, 0.1) is 18.8 Å². The number of anilines is 1. The minimum atomic E-state index is -0.921. The van der Waals surface area contributed by atoms with Crippen LogP contribution in [-0.4, -0.2) is 57.7 Å². The summed E-state index contributed by atoms with van der Waals surface area (Å²) >= 11 is 1.37. The summed E-state index contributed by atoms with van der Waals surface area (Å²) in [6, 6.07) is 0. The van der Waals surface area contributed by atoms with Gasteiger partial charge in [-0.05, 0) is 32.4 Å². The molecule has 2 aliphatic carbocycles. The van der Waals surface area contributed by atoms with E-state index in [1.807, 2.05) is 37.5 Å². The van der Waals surface area contributed by atoms with Gasteiger partial charge in [0, 0.05) is 36.8 Å². The van der Waals surface area contributed by atoms with Crippen LogP contribution in [0.4, 0.5) is 5.13 Å². The lowest BCUT2D eigenvalue weighted by atomic mass is 9.92. The molecular formula is C20H25N3O4S. The van der Waals surface area contributed by atoms with Gasteiger partial charge in [0.15, 0.2) is 5.13 Å². The summed E-state index contributed by atoms with van der Waals surface area (Å²) in [5.74, 6) is -0.342. The Morgan fingerprint density at radius 1 is 1.54 bits per heavy atom. The van der Waals surface area contributed by atoms with Crippen LogP contribution in [0.25, 0.3) is 0 Å². The number of hydrogen-bond acceptors (Lipinski definition) is 6. The highest BCUT2D eigenvalue weighted by Crippen LogP contribution is 2.61. The van der Waals surface area contributed by atoms with Gasteiger partial charge < -0.3 is 20.1 Å². The maximum atomic E-state index is 12.4. The number of carbonyl (C=O) groups is 2. The van der Waals surface area contributed by atoms with Crippen LogP contribution in [0.15, 0.2) is 29.2 Å². The van der Waals surface area contributed by atoms with Gasteiger partial charge in [-0.15, -0.1) is 11.3 Å². The zero-order chi connectivity index (χ0) is 20.1. The van der Waals surface area contributed by atoms with E-state index in [1.165, 1.54) is 11.3 Å². The normalized spacial score (nSPS) is 33.6. The second-order valence-electron chi connectivity index (χ2n) is 7.87. The lowest BCUT2D eigenvalue weighted by molar-refractivity contribution is -0.131. The third-order valence-corrected chi connectivity index (χ3v) is 6.78. The number of hydrogen-bond donors (Lipinski definition) is 2. The van der Waals surface area contributed by atoms with Gasteiger partial charge in [0.25, 0.3) is 0 Å². The van der Waals surface area contributed by atoms with Crippen LogP contribution in [0.5, 0.6) is 0 Å². The Hall–Kier alpha value is -2.03. The average Bonchev–Trinajstić information content (AvgIpc) is 2.97. The first-order valence-electron chi connectivity index (χ1n) is 9.54. The second kappa shape index (κ2) is 6.79. The van der Waals surface area contributed by atoms with Gasteiger partial charge in [0.1, 0.15) is 11.2 Å². The highest BCUT2D eigenvalue weighted by Gasteiger charge is 2.73. The number of likely N-dealkylation sites (tertiary alicyclic amines) is 1. The molecule has 0 radical (unpaired) electrons. The first kappa shape index (κ1) is 19.3. The Morgan fingerprint density at radius 2 is 2.32 bits per heavy atom. The van der Waals surface area contributed by atoms with Crippen molar-refractivity contribution in [3.63, 3.8) is 0 Å². The molecule has 3 unspecified atom stereocenters. The van der Waals surface area contributed by atoms with Crippen molar-refractivity contribution in [1.82, 2.24) is 9.88 Å². The third-order valence-electron chi connectivity index (χ3n) is 5.91. The summed E-state index contributed by atoms with van der Waals surface area (Å²) in [6.07, 6.45) is 6.31. The molecule has 3 aliphatic rings. The van der Waals surface area contributed by atoms with Gasteiger partial charge in [0.05, 0.1) is 12.2 Å². The van der Waals surface area contributed by atoms with Crippen LogP contribution in [-0.2, 0) is 14.3 Å². The first-order chi connectivity index (χ1) is 13.3. The van der Waals surface area contributed by atoms with Crippen molar-refractivity contribution in [2.75, 3.05) is 25.0 Å². The highest BCUT2D eigenvalue weighted by atomic mass is 32.1. The molecule has 2 fully saturated rings. The van der Waals surface area contributed by atoms with Crippen LogP contribution in [0.2, 0.25) is 0 Å². The van der Waals surface area contributed by atoms with Crippen LogP contribution >= 0.6 is 11.3 Å². The summed E-state index contributed by atoms with van der Waals surface area (Å²) in [5, 5.41) is 15.8. The fraction of sp³-hybridized carbons (Fsp3) is 0.550. The highest BCUT2D eigenvalue weighted by molar-refractivity contribution is 7.13. The largest absolute Gasteiger partial charge is 0.386 e. The maximum absolute atomic E-state index is 12.4. The number of amides is 2. The minimum absolute atomic E-state index is 0.00617. The van der Waals surface area contributed by atoms with Crippen molar-refractivity contribution in [2.45, 2.75) is 38.4 Å². The number of aryl methyl sites for hydroxylation is 1. The lowest BCUT2D eigenvalue weighted by Gasteiger charge is -2.22. The van der Waals surface area contributed by atoms with Crippen LogP contribution < -0.4 is 5.32 Å². The number of thiazole rings is 1. The molecule has 2 amide bonds.